The van der Waals surface area contributed by atoms with Crippen LogP contribution in [-0.2, 0) is 11.4 Å². The van der Waals surface area contributed by atoms with Crippen LogP contribution in [0.15, 0.2) is 55.6 Å². The lowest BCUT2D eigenvalue weighted by Gasteiger charge is -2.11. The van der Waals surface area contributed by atoms with Gasteiger partial charge in [-0.25, -0.2) is 0 Å². The molecule has 0 aromatic heterocycles. The van der Waals surface area contributed by atoms with Crippen molar-refractivity contribution >= 4 is 17.2 Å². The van der Waals surface area contributed by atoms with Crippen LogP contribution in [0.5, 0.6) is 0 Å². The highest BCUT2D eigenvalue weighted by Crippen LogP contribution is 2.03. The number of nitrogens with one attached hydrogen (secondary N) is 1. The largest absolute Gasteiger partial charge is 0.271 e. The molecule has 0 heterocycles. The molecule has 0 saturated heterocycles. The minimum absolute atomic E-state index is 0.0502. The summed E-state index contributed by atoms with van der Waals surface area (Å²) in [5, 5.41) is 0. The maximum absolute atomic E-state index is 5.28. The van der Waals surface area contributed by atoms with Crippen LogP contribution in [0.4, 0.5) is 0 Å². The fourth-order valence-electron chi connectivity index (χ4n) is 1.14. The zero-order valence-electron chi connectivity index (χ0n) is 9.06. The van der Waals surface area contributed by atoms with E-state index < -0.39 is 0 Å². The summed E-state index contributed by atoms with van der Waals surface area (Å²) in [6.45, 7) is 7.80. The van der Waals surface area contributed by atoms with E-state index in [1.165, 1.54) is 0 Å². The molecule has 0 radical (unpaired) electrons. The second-order valence-electron chi connectivity index (χ2n) is 3.24. The first-order valence-electron chi connectivity index (χ1n) is 4.98. The van der Waals surface area contributed by atoms with Crippen LogP contribution in [0, 0.1) is 5.92 Å². The molecular weight excluding hydrogens is 218 g/mol. The second-order valence-corrected chi connectivity index (χ2v) is 3.68. The van der Waals surface area contributed by atoms with Gasteiger partial charge in [0.05, 0.1) is 6.61 Å². The van der Waals surface area contributed by atoms with Gasteiger partial charge >= 0.3 is 0 Å². The summed E-state index contributed by atoms with van der Waals surface area (Å²) in [6.07, 6.45) is 3.43. The van der Waals surface area contributed by atoms with E-state index in [9.17, 15) is 0 Å². The molecule has 1 aromatic rings. The Kier molecular flexibility index (Phi) is 5.46. The van der Waals surface area contributed by atoms with Crippen molar-refractivity contribution in [2.75, 3.05) is 0 Å². The standard InChI is InChI=1S/C13H15NOS/c1-3-12(4-2)13(16)14-15-10-11-8-6-5-7-9-11/h3-9,12H,1-2,10H2,(H,14,16). The summed E-state index contributed by atoms with van der Waals surface area (Å²) in [5.74, 6) is -0.0502. The van der Waals surface area contributed by atoms with Crippen molar-refractivity contribution in [1.82, 2.24) is 5.48 Å². The first-order chi connectivity index (χ1) is 7.77. The Labute approximate surface area is 102 Å². The predicted molar refractivity (Wildman–Crippen MR) is 70.8 cm³/mol. The Morgan fingerprint density at radius 3 is 2.50 bits per heavy atom. The Morgan fingerprint density at radius 2 is 1.94 bits per heavy atom. The minimum atomic E-state index is -0.0502. The Balaban J connectivity index is 2.33. The van der Waals surface area contributed by atoms with Gasteiger partial charge in [0, 0.05) is 5.92 Å². The minimum Gasteiger partial charge on any atom is -0.271 e. The van der Waals surface area contributed by atoms with Crippen LogP contribution in [0.2, 0.25) is 0 Å². The molecule has 0 amide bonds. The normalized spacial score (nSPS) is 9.81. The van der Waals surface area contributed by atoms with Gasteiger partial charge in [-0.3, -0.25) is 10.3 Å². The molecule has 0 spiro atoms. The van der Waals surface area contributed by atoms with Crippen LogP contribution in [-0.4, -0.2) is 4.99 Å². The van der Waals surface area contributed by atoms with Crippen molar-refractivity contribution in [3.63, 3.8) is 0 Å². The zero-order valence-corrected chi connectivity index (χ0v) is 9.87. The van der Waals surface area contributed by atoms with Gasteiger partial charge in [0.25, 0.3) is 0 Å². The lowest BCUT2D eigenvalue weighted by atomic mass is 10.1. The molecule has 0 saturated carbocycles. The fraction of sp³-hybridized carbons (Fsp3) is 0.154. The van der Waals surface area contributed by atoms with Gasteiger partial charge in [0.15, 0.2) is 0 Å². The molecule has 1 rings (SSSR count). The number of hydroxylamine groups is 1. The van der Waals surface area contributed by atoms with Crippen LogP contribution >= 0.6 is 12.2 Å². The first-order valence-corrected chi connectivity index (χ1v) is 5.39. The lowest BCUT2D eigenvalue weighted by Crippen LogP contribution is -2.26. The maximum Gasteiger partial charge on any atom is 0.111 e. The third-order valence-corrected chi connectivity index (χ3v) is 2.42. The van der Waals surface area contributed by atoms with Gasteiger partial charge in [-0.05, 0) is 5.56 Å². The summed E-state index contributed by atoms with van der Waals surface area (Å²) in [4.78, 5) is 5.85. The molecule has 0 aliphatic heterocycles. The quantitative estimate of drug-likeness (QED) is 0.463. The fourth-order valence-corrected chi connectivity index (χ4v) is 1.39. The van der Waals surface area contributed by atoms with Crippen molar-refractivity contribution in [1.29, 1.82) is 0 Å². The second kappa shape index (κ2) is 6.93. The van der Waals surface area contributed by atoms with Crippen LogP contribution in [0.1, 0.15) is 5.56 Å². The van der Waals surface area contributed by atoms with E-state index in [1.807, 2.05) is 30.3 Å². The summed E-state index contributed by atoms with van der Waals surface area (Å²) in [6, 6.07) is 9.88. The number of hydrogen-bond donors (Lipinski definition) is 1. The van der Waals surface area contributed by atoms with E-state index >= 15 is 0 Å². The van der Waals surface area contributed by atoms with Crippen molar-refractivity contribution in [3.05, 3.63) is 61.2 Å². The van der Waals surface area contributed by atoms with E-state index in [1.54, 1.807) is 12.2 Å². The first kappa shape index (κ1) is 12.6. The van der Waals surface area contributed by atoms with E-state index in [2.05, 4.69) is 18.6 Å². The van der Waals surface area contributed by atoms with E-state index in [0.717, 1.165) is 5.56 Å². The average Bonchev–Trinajstić information content (AvgIpc) is 2.32. The highest BCUT2D eigenvalue weighted by Gasteiger charge is 2.05. The molecule has 0 unspecified atom stereocenters. The number of thiocarbonyl (C=S) groups is 1. The van der Waals surface area contributed by atoms with Crippen molar-refractivity contribution in [2.24, 2.45) is 5.92 Å². The zero-order chi connectivity index (χ0) is 11.8. The highest BCUT2D eigenvalue weighted by molar-refractivity contribution is 7.80. The Hall–Kier alpha value is -1.45. The molecule has 84 valence electrons. The Morgan fingerprint density at radius 1 is 1.31 bits per heavy atom. The number of hydrogen-bond acceptors (Lipinski definition) is 2. The third-order valence-electron chi connectivity index (χ3n) is 2.07. The molecule has 16 heavy (non-hydrogen) atoms. The van der Waals surface area contributed by atoms with Gasteiger partial charge in [0.2, 0.25) is 0 Å². The predicted octanol–water partition coefficient (Wildman–Crippen LogP) is 3.02. The molecule has 1 aromatic carbocycles. The molecule has 1 N–H and O–H groups in total. The average molecular weight is 233 g/mol. The molecule has 2 nitrogen and oxygen atoms in total. The topological polar surface area (TPSA) is 21.3 Å². The molecule has 0 aliphatic carbocycles. The van der Waals surface area contributed by atoms with Crippen LogP contribution in [0.25, 0.3) is 0 Å². The van der Waals surface area contributed by atoms with Gasteiger partial charge in [-0.15, -0.1) is 13.2 Å². The molecule has 0 fully saturated rings. The van der Waals surface area contributed by atoms with Crippen molar-refractivity contribution < 1.29 is 4.84 Å². The van der Waals surface area contributed by atoms with E-state index in [-0.39, 0.29) is 5.92 Å². The molecule has 3 heteroatoms. The van der Waals surface area contributed by atoms with Gasteiger partial charge in [0.1, 0.15) is 4.99 Å². The van der Waals surface area contributed by atoms with Crippen molar-refractivity contribution in [2.45, 2.75) is 6.61 Å². The lowest BCUT2D eigenvalue weighted by molar-refractivity contribution is 0.0710. The van der Waals surface area contributed by atoms with E-state index in [4.69, 9.17) is 17.1 Å². The summed E-state index contributed by atoms with van der Waals surface area (Å²) < 4.78 is 0. The number of rotatable bonds is 6. The van der Waals surface area contributed by atoms with Gasteiger partial charge in [-0.2, -0.15) is 0 Å². The maximum atomic E-state index is 5.28. The highest BCUT2D eigenvalue weighted by atomic mass is 32.1. The molecule has 0 bridgehead atoms. The third kappa shape index (κ3) is 3.96. The molecule has 0 aliphatic rings. The van der Waals surface area contributed by atoms with E-state index in [0.29, 0.717) is 11.6 Å². The van der Waals surface area contributed by atoms with Crippen LogP contribution < -0.4 is 5.48 Å². The van der Waals surface area contributed by atoms with Crippen molar-refractivity contribution in [3.8, 4) is 0 Å². The Bertz CT molecular complexity index is 353. The SMILES string of the molecule is C=CC(C=C)C(=S)NOCc1ccccc1. The summed E-state index contributed by atoms with van der Waals surface area (Å²) in [5.41, 5.74) is 3.81. The van der Waals surface area contributed by atoms with Gasteiger partial charge < -0.3 is 0 Å². The van der Waals surface area contributed by atoms with Crippen LogP contribution in [0.3, 0.4) is 0 Å². The number of benzene rings is 1. The van der Waals surface area contributed by atoms with Gasteiger partial charge in [-0.1, -0.05) is 54.7 Å². The summed E-state index contributed by atoms with van der Waals surface area (Å²) in [7, 11) is 0. The molecular formula is C13H15NOS. The monoisotopic (exact) mass is 233 g/mol. The summed E-state index contributed by atoms with van der Waals surface area (Å²) >= 11 is 5.11. The molecule has 0 atom stereocenters. The smallest absolute Gasteiger partial charge is 0.111 e.